The molecule has 0 N–H and O–H groups in total. The van der Waals surface area contributed by atoms with Crippen LogP contribution in [0.5, 0.6) is 0 Å². The second-order valence-electron chi connectivity index (χ2n) is 14.4. The van der Waals surface area contributed by atoms with Crippen LogP contribution in [0.3, 0.4) is 0 Å². The zero-order chi connectivity index (χ0) is 37.1. The van der Waals surface area contributed by atoms with E-state index in [1.807, 2.05) is 42.5 Å². The lowest BCUT2D eigenvalue weighted by Gasteiger charge is -2.10. The van der Waals surface area contributed by atoms with E-state index in [4.69, 9.17) is 4.42 Å². The van der Waals surface area contributed by atoms with Crippen LogP contribution in [0.25, 0.3) is 104 Å². The molecule has 0 fully saturated rings. The summed E-state index contributed by atoms with van der Waals surface area (Å²) >= 11 is 0. The number of nitriles is 2. The van der Waals surface area contributed by atoms with Crippen molar-refractivity contribution in [3.8, 4) is 29.2 Å². The molecule has 4 aromatic heterocycles. The molecular weight excluding hydrogens is 687 g/mol. The highest BCUT2D eigenvalue weighted by atomic mass is 16.3. The van der Waals surface area contributed by atoms with Crippen LogP contribution < -0.4 is 0 Å². The van der Waals surface area contributed by atoms with Gasteiger partial charge in [-0.3, -0.25) is 0 Å². The van der Waals surface area contributed by atoms with E-state index < -0.39 is 0 Å². The van der Waals surface area contributed by atoms with Gasteiger partial charge in [-0.15, -0.1) is 0 Å². The molecule has 56 heavy (non-hydrogen) atoms. The summed E-state index contributed by atoms with van der Waals surface area (Å²) < 4.78 is 13.4. The Hall–Kier alpha value is -8.06. The fourth-order valence-electron chi connectivity index (χ4n) is 9.12. The maximum atomic E-state index is 9.98. The SMILES string of the molecule is N#Cc1ccc2c(c1)c1ccccc1n2-c1ccc2oc3ccc(-n4c5ccccc5c5c6c7cc(C#N)ccc7n(-c7ccccc7)c6ccc54)cc3c2c1. The molecule has 6 heteroatoms. The van der Waals surface area contributed by atoms with Gasteiger partial charge in [0.05, 0.1) is 56.4 Å². The molecule has 0 radical (unpaired) electrons. The van der Waals surface area contributed by atoms with Gasteiger partial charge in [0.1, 0.15) is 11.2 Å². The lowest BCUT2D eigenvalue weighted by atomic mass is 10.0. The highest BCUT2D eigenvalue weighted by Gasteiger charge is 2.22. The van der Waals surface area contributed by atoms with Gasteiger partial charge >= 0.3 is 0 Å². The number of aromatic nitrogens is 3. The zero-order valence-corrected chi connectivity index (χ0v) is 29.7. The summed E-state index contributed by atoms with van der Waals surface area (Å²) in [5, 5.41) is 28.3. The first-order valence-electron chi connectivity index (χ1n) is 18.5. The van der Waals surface area contributed by atoms with E-state index in [-0.39, 0.29) is 0 Å². The van der Waals surface area contributed by atoms with Crippen molar-refractivity contribution in [1.82, 2.24) is 13.7 Å². The summed E-state index contributed by atoms with van der Waals surface area (Å²) in [5.41, 5.74) is 12.5. The number of hydrogen-bond donors (Lipinski definition) is 0. The summed E-state index contributed by atoms with van der Waals surface area (Å²) in [6.07, 6.45) is 0. The maximum absolute atomic E-state index is 9.98. The van der Waals surface area contributed by atoms with Crippen LogP contribution in [0.4, 0.5) is 0 Å². The van der Waals surface area contributed by atoms with Gasteiger partial charge in [-0.2, -0.15) is 10.5 Å². The van der Waals surface area contributed by atoms with Gasteiger partial charge in [0.2, 0.25) is 0 Å². The molecule has 258 valence electrons. The van der Waals surface area contributed by atoms with Crippen LogP contribution >= 0.6 is 0 Å². The smallest absolute Gasteiger partial charge is 0.135 e. The first-order chi connectivity index (χ1) is 27.7. The molecule has 0 unspecified atom stereocenters. The lowest BCUT2D eigenvalue weighted by molar-refractivity contribution is 0.669. The highest BCUT2D eigenvalue weighted by molar-refractivity contribution is 6.29. The number of furan rings is 1. The summed E-state index contributed by atoms with van der Waals surface area (Å²) in [4.78, 5) is 0. The van der Waals surface area contributed by atoms with E-state index in [0.29, 0.717) is 11.1 Å². The number of para-hydroxylation sites is 3. The molecule has 0 bridgehead atoms. The van der Waals surface area contributed by atoms with Crippen LogP contribution in [0, 0.1) is 22.7 Å². The molecule has 8 aromatic carbocycles. The molecule has 12 aromatic rings. The summed E-state index contributed by atoms with van der Waals surface area (Å²) in [7, 11) is 0. The van der Waals surface area contributed by atoms with Crippen molar-refractivity contribution < 1.29 is 4.42 Å². The maximum Gasteiger partial charge on any atom is 0.135 e. The lowest BCUT2D eigenvalue weighted by Crippen LogP contribution is -1.95. The zero-order valence-electron chi connectivity index (χ0n) is 29.7. The van der Waals surface area contributed by atoms with Crippen molar-refractivity contribution in [2.75, 3.05) is 0 Å². The molecule has 0 atom stereocenters. The summed E-state index contributed by atoms with van der Waals surface area (Å²) in [6, 6.07) is 61.3. The number of rotatable bonds is 3. The van der Waals surface area contributed by atoms with Crippen molar-refractivity contribution in [2.24, 2.45) is 0 Å². The number of benzene rings is 8. The molecule has 0 amide bonds. The second kappa shape index (κ2) is 11.2. The molecule has 0 spiro atoms. The number of nitrogens with zero attached hydrogens (tertiary/aromatic N) is 5. The Morgan fingerprint density at radius 3 is 1.45 bits per heavy atom. The molecule has 6 nitrogen and oxygen atoms in total. The van der Waals surface area contributed by atoms with Gasteiger partial charge in [-0.25, -0.2) is 0 Å². The summed E-state index contributed by atoms with van der Waals surface area (Å²) in [6.45, 7) is 0. The standard InChI is InChI=1S/C50H27N5O/c51-28-30-14-18-43-37(24-30)35-10-4-6-12-41(35)54(43)33-16-22-47-38(26-33)39-27-34(17-23-48(39)56-47)55-42-13-7-5-11-36(42)49-45(55)20-21-46-50(49)40-25-31(29-52)15-19-44(40)53(46)32-8-2-1-3-9-32/h1-27H. The van der Waals surface area contributed by atoms with Crippen molar-refractivity contribution in [3.63, 3.8) is 0 Å². The van der Waals surface area contributed by atoms with E-state index >= 15 is 0 Å². The quantitative estimate of drug-likeness (QED) is 0.183. The van der Waals surface area contributed by atoms with E-state index in [0.717, 1.165) is 104 Å². The third kappa shape index (κ3) is 4.07. The van der Waals surface area contributed by atoms with Crippen LogP contribution in [0.15, 0.2) is 168 Å². The fourth-order valence-corrected chi connectivity index (χ4v) is 9.12. The molecular formula is C50H27N5O. The molecule has 12 rings (SSSR count). The van der Waals surface area contributed by atoms with Gasteiger partial charge in [-0.05, 0) is 109 Å². The Labute approximate surface area is 319 Å². The Balaban J connectivity index is 1.12. The molecule has 0 aliphatic carbocycles. The van der Waals surface area contributed by atoms with E-state index in [2.05, 4.69) is 147 Å². The van der Waals surface area contributed by atoms with Gasteiger partial charge in [-0.1, -0.05) is 54.6 Å². The minimum atomic E-state index is 0.634. The van der Waals surface area contributed by atoms with Crippen molar-refractivity contribution >= 4 is 87.4 Å². The largest absolute Gasteiger partial charge is 0.456 e. The summed E-state index contributed by atoms with van der Waals surface area (Å²) in [5.74, 6) is 0. The Morgan fingerprint density at radius 1 is 0.339 bits per heavy atom. The highest BCUT2D eigenvalue weighted by Crippen LogP contribution is 2.43. The molecule has 4 heterocycles. The average Bonchev–Trinajstić information content (AvgIpc) is 3.99. The minimum Gasteiger partial charge on any atom is -0.456 e. The van der Waals surface area contributed by atoms with Gasteiger partial charge < -0.3 is 18.1 Å². The van der Waals surface area contributed by atoms with Gasteiger partial charge in [0.15, 0.2) is 0 Å². The molecule has 0 aliphatic heterocycles. The predicted molar refractivity (Wildman–Crippen MR) is 226 cm³/mol. The third-order valence-electron chi connectivity index (χ3n) is 11.5. The predicted octanol–water partition coefficient (Wildman–Crippen LogP) is 12.6. The third-order valence-corrected chi connectivity index (χ3v) is 11.5. The topological polar surface area (TPSA) is 75.5 Å². The number of hydrogen-bond acceptors (Lipinski definition) is 3. The molecule has 0 aliphatic rings. The van der Waals surface area contributed by atoms with Gasteiger partial charge in [0.25, 0.3) is 0 Å². The monoisotopic (exact) mass is 713 g/mol. The van der Waals surface area contributed by atoms with Crippen LogP contribution in [0.2, 0.25) is 0 Å². The fraction of sp³-hybridized carbons (Fsp3) is 0. The Morgan fingerprint density at radius 2 is 0.804 bits per heavy atom. The molecule has 0 saturated heterocycles. The van der Waals surface area contributed by atoms with E-state index in [9.17, 15) is 10.5 Å². The average molecular weight is 714 g/mol. The van der Waals surface area contributed by atoms with Crippen molar-refractivity contribution in [2.45, 2.75) is 0 Å². The number of fused-ring (bicyclic) bond motifs is 13. The van der Waals surface area contributed by atoms with Crippen LogP contribution in [-0.2, 0) is 0 Å². The Kier molecular flexibility index (Phi) is 6.10. The molecule has 0 saturated carbocycles. The van der Waals surface area contributed by atoms with Crippen molar-refractivity contribution in [1.29, 1.82) is 10.5 Å². The normalized spacial score (nSPS) is 11.9. The Bertz CT molecular complexity index is 3730. The van der Waals surface area contributed by atoms with Crippen molar-refractivity contribution in [3.05, 3.63) is 175 Å². The minimum absolute atomic E-state index is 0.634. The first kappa shape index (κ1) is 30.4. The van der Waals surface area contributed by atoms with E-state index in [1.54, 1.807) is 0 Å². The second-order valence-corrected chi connectivity index (χ2v) is 14.4. The van der Waals surface area contributed by atoms with Gasteiger partial charge in [0, 0.05) is 60.2 Å². The first-order valence-corrected chi connectivity index (χ1v) is 18.5. The van der Waals surface area contributed by atoms with E-state index in [1.165, 1.54) is 0 Å². The van der Waals surface area contributed by atoms with Crippen LogP contribution in [-0.4, -0.2) is 13.7 Å². The van der Waals surface area contributed by atoms with Crippen LogP contribution in [0.1, 0.15) is 11.1 Å².